The molecule has 2 rings (SSSR count). The van der Waals surface area contributed by atoms with Crippen LogP contribution in [0.1, 0.15) is 63.9 Å². The molecule has 0 amide bonds. The molecule has 1 aromatic heterocycles. The quantitative estimate of drug-likeness (QED) is 0.871. The number of hydrogen-bond donors (Lipinski definition) is 2. The molecule has 1 heterocycles. The highest BCUT2D eigenvalue weighted by atomic mass is 15.1. The number of nitrogen functional groups attached to an aromatic ring is 1. The first kappa shape index (κ1) is 14.1. The van der Waals surface area contributed by atoms with Crippen molar-refractivity contribution in [1.29, 1.82) is 0 Å². The Hall–Kier alpha value is -1.32. The molecular weight excluding hydrogens is 236 g/mol. The largest absolute Gasteiger partial charge is 0.383 e. The Bertz CT molecular complexity index is 384. The fraction of sp³-hybridized carbons (Fsp3) is 0.733. The molecule has 0 aromatic carbocycles. The zero-order valence-electron chi connectivity index (χ0n) is 12.0. The van der Waals surface area contributed by atoms with Crippen molar-refractivity contribution in [2.75, 3.05) is 11.1 Å². The van der Waals surface area contributed by atoms with Crippen LogP contribution in [-0.2, 0) is 6.42 Å². The molecule has 4 heteroatoms. The van der Waals surface area contributed by atoms with E-state index in [1.807, 2.05) is 0 Å². The highest BCUT2D eigenvalue weighted by Gasteiger charge is 2.15. The third-order valence-corrected chi connectivity index (χ3v) is 3.92. The number of aromatic nitrogens is 2. The van der Waals surface area contributed by atoms with Crippen LogP contribution in [0.15, 0.2) is 6.33 Å². The number of rotatable bonds is 4. The van der Waals surface area contributed by atoms with Crippen molar-refractivity contribution >= 4 is 11.6 Å². The van der Waals surface area contributed by atoms with Gasteiger partial charge in [0.15, 0.2) is 0 Å². The zero-order valence-corrected chi connectivity index (χ0v) is 12.0. The fourth-order valence-electron chi connectivity index (χ4n) is 2.84. The van der Waals surface area contributed by atoms with Gasteiger partial charge in [-0.05, 0) is 19.3 Å². The Balaban J connectivity index is 2.06. The van der Waals surface area contributed by atoms with Gasteiger partial charge in [-0.15, -0.1) is 0 Å². The highest BCUT2D eigenvalue weighted by molar-refractivity contribution is 5.55. The molecule has 0 radical (unpaired) electrons. The van der Waals surface area contributed by atoms with Crippen molar-refractivity contribution in [3.8, 4) is 0 Å². The lowest BCUT2D eigenvalue weighted by molar-refractivity contribution is 0.470. The van der Waals surface area contributed by atoms with Gasteiger partial charge in [-0.2, -0.15) is 0 Å². The first-order chi connectivity index (χ1) is 9.31. The Kier molecular flexibility index (Phi) is 5.43. The van der Waals surface area contributed by atoms with Gasteiger partial charge in [-0.3, -0.25) is 0 Å². The second-order valence-corrected chi connectivity index (χ2v) is 5.52. The van der Waals surface area contributed by atoms with Crippen molar-refractivity contribution in [2.24, 2.45) is 0 Å². The fourth-order valence-corrected chi connectivity index (χ4v) is 2.84. The van der Waals surface area contributed by atoms with E-state index in [4.69, 9.17) is 5.73 Å². The number of nitrogens with zero attached hydrogens (tertiary/aromatic N) is 2. The minimum atomic E-state index is 0.546. The van der Waals surface area contributed by atoms with E-state index in [0.717, 1.165) is 24.2 Å². The molecule has 1 aromatic rings. The van der Waals surface area contributed by atoms with Gasteiger partial charge in [-0.1, -0.05) is 45.4 Å². The molecule has 0 aliphatic heterocycles. The molecule has 1 aliphatic rings. The lowest BCUT2D eigenvalue weighted by Gasteiger charge is -2.23. The molecule has 106 valence electrons. The molecule has 0 unspecified atom stereocenters. The molecule has 0 saturated heterocycles. The molecule has 1 aliphatic carbocycles. The van der Waals surface area contributed by atoms with Gasteiger partial charge in [0.05, 0.1) is 0 Å². The van der Waals surface area contributed by atoms with Gasteiger partial charge in [-0.25, -0.2) is 9.97 Å². The Labute approximate surface area is 116 Å². The lowest BCUT2D eigenvalue weighted by Crippen LogP contribution is -2.22. The number of hydrogen-bond acceptors (Lipinski definition) is 4. The second kappa shape index (κ2) is 7.31. The minimum absolute atomic E-state index is 0.546. The first-order valence-electron chi connectivity index (χ1n) is 7.67. The lowest BCUT2D eigenvalue weighted by atomic mass is 9.96. The Morgan fingerprint density at radius 2 is 1.84 bits per heavy atom. The van der Waals surface area contributed by atoms with Crippen LogP contribution in [0.25, 0.3) is 0 Å². The summed E-state index contributed by atoms with van der Waals surface area (Å²) in [4.78, 5) is 8.52. The Morgan fingerprint density at radius 1 is 1.16 bits per heavy atom. The van der Waals surface area contributed by atoms with Crippen LogP contribution in [-0.4, -0.2) is 16.0 Å². The normalized spacial score (nSPS) is 17.7. The van der Waals surface area contributed by atoms with Crippen LogP contribution < -0.4 is 11.1 Å². The summed E-state index contributed by atoms with van der Waals surface area (Å²) in [7, 11) is 0. The van der Waals surface area contributed by atoms with E-state index in [9.17, 15) is 0 Å². The molecule has 1 saturated carbocycles. The van der Waals surface area contributed by atoms with E-state index >= 15 is 0 Å². The van der Waals surface area contributed by atoms with Crippen molar-refractivity contribution in [3.63, 3.8) is 0 Å². The summed E-state index contributed by atoms with van der Waals surface area (Å²) in [5, 5.41) is 3.61. The summed E-state index contributed by atoms with van der Waals surface area (Å²) in [6.07, 6.45) is 12.8. The summed E-state index contributed by atoms with van der Waals surface area (Å²) in [5.41, 5.74) is 7.07. The molecule has 19 heavy (non-hydrogen) atoms. The predicted octanol–water partition coefficient (Wildman–Crippen LogP) is 3.54. The molecule has 0 spiro atoms. The van der Waals surface area contributed by atoms with E-state index in [-0.39, 0.29) is 0 Å². The maximum atomic E-state index is 5.98. The third kappa shape index (κ3) is 4.08. The summed E-state index contributed by atoms with van der Waals surface area (Å²) >= 11 is 0. The van der Waals surface area contributed by atoms with E-state index in [1.165, 1.54) is 44.9 Å². The van der Waals surface area contributed by atoms with E-state index < -0.39 is 0 Å². The van der Waals surface area contributed by atoms with Crippen molar-refractivity contribution in [2.45, 2.75) is 70.8 Å². The average Bonchev–Trinajstić information content (AvgIpc) is 2.36. The van der Waals surface area contributed by atoms with E-state index in [0.29, 0.717) is 11.9 Å². The second-order valence-electron chi connectivity index (χ2n) is 5.52. The maximum Gasteiger partial charge on any atom is 0.134 e. The van der Waals surface area contributed by atoms with Crippen LogP contribution in [0.3, 0.4) is 0 Å². The number of anilines is 2. The predicted molar refractivity (Wildman–Crippen MR) is 80.2 cm³/mol. The van der Waals surface area contributed by atoms with Crippen molar-refractivity contribution in [1.82, 2.24) is 9.97 Å². The van der Waals surface area contributed by atoms with Crippen LogP contribution in [0, 0.1) is 0 Å². The van der Waals surface area contributed by atoms with Gasteiger partial charge in [0, 0.05) is 11.6 Å². The summed E-state index contributed by atoms with van der Waals surface area (Å²) in [5.74, 6) is 1.59. The molecule has 3 N–H and O–H groups in total. The van der Waals surface area contributed by atoms with Crippen molar-refractivity contribution in [3.05, 3.63) is 11.9 Å². The third-order valence-electron chi connectivity index (χ3n) is 3.92. The van der Waals surface area contributed by atoms with Crippen LogP contribution in [0.5, 0.6) is 0 Å². The highest BCUT2D eigenvalue weighted by Crippen LogP contribution is 2.24. The van der Waals surface area contributed by atoms with Gasteiger partial charge in [0.25, 0.3) is 0 Å². The maximum absolute atomic E-state index is 5.98. The SMILES string of the molecule is CCCc1c(N)ncnc1NC1CCCCCCC1. The number of nitrogens with one attached hydrogen (secondary N) is 1. The first-order valence-corrected chi connectivity index (χ1v) is 7.67. The van der Waals surface area contributed by atoms with Crippen LogP contribution in [0.4, 0.5) is 11.6 Å². The molecule has 0 atom stereocenters. The standard InChI is InChI=1S/C15H26N4/c1-2-8-13-14(16)17-11-18-15(13)19-12-9-6-4-3-5-7-10-12/h11-12H,2-10H2,1H3,(H3,16,17,18,19). The molecular formula is C15H26N4. The van der Waals surface area contributed by atoms with Crippen LogP contribution >= 0.6 is 0 Å². The van der Waals surface area contributed by atoms with E-state index in [1.54, 1.807) is 6.33 Å². The molecule has 4 nitrogen and oxygen atoms in total. The average molecular weight is 262 g/mol. The monoisotopic (exact) mass is 262 g/mol. The van der Waals surface area contributed by atoms with Crippen molar-refractivity contribution < 1.29 is 0 Å². The summed E-state index contributed by atoms with van der Waals surface area (Å²) in [6.45, 7) is 2.16. The smallest absolute Gasteiger partial charge is 0.134 e. The molecule has 0 bridgehead atoms. The summed E-state index contributed by atoms with van der Waals surface area (Å²) < 4.78 is 0. The van der Waals surface area contributed by atoms with Gasteiger partial charge < -0.3 is 11.1 Å². The minimum Gasteiger partial charge on any atom is -0.383 e. The molecule has 1 fully saturated rings. The van der Waals surface area contributed by atoms with E-state index in [2.05, 4.69) is 22.2 Å². The topological polar surface area (TPSA) is 63.8 Å². The number of nitrogens with two attached hydrogens (primary N) is 1. The zero-order chi connectivity index (χ0) is 13.5. The van der Waals surface area contributed by atoms with Gasteiger partial charge in [0.1, 0.15) is 18.0 Å². The Morgan fingerprint density at radius 3 is 2.53 bits per heavy atom. The van der Waals surface area contributed by atoms with Gasteiger partial charge >= 0.3 is 0 Å². The summed E-state index contributed by atoms with van der Waals surface area (Å²) in [6, 6.07) is 0.546. The van der Waals surface area contributed by atoms with Crippen LogP contribution in [0.2, 0.25) is 0 Å². The van der Waals surface area contributed by atoms with Gasteiger partial charge in [0.2, 0.25) is 0 Å².